The molecule has 1 saturated carbocycles. The summed E-state index contributed by atoms with van der Waals surface area (Å²) in [6, 6.07) is -0.0505. The van der Waals surface area contributed by atoms with Crippen LogP contribution in [0.2, 0.25) is 0 Å². The Balaban J connectivity index is 2.42. The Bertz CT molecular complexity index is 253. The summed E-state index contributed by atoms with van der Waals surface area (Å²) in [5.41, 5.74) is 6.08. The van der Waals surface area contributed by atoms with E-state index in [1.165, 1.54) is 19.3 Å². The molecule has 17 heavy (non-hydrogen) atoms. The van der Waals surface area contributed by atoms with Crippen LogP contribution >= 0.6 is 0 Å². The maximum Gasteiger partial charge on any atom is 0.224 e. The molecule has 0 spiro atoms. The highest BCUT2D eigenvalue weighted by Gasteiger charge is 2.27. The molecule has 0 aliphatic heterocycles. The molecule has 0 aromatic carbocycles. The molecule has 3 heteroatoms. The van der Waals surface area contributed by atoms with Gasteiger partial charge in [-0.25, -0.2) is 0 Å². The van der Waals surface area contributed by atoms with E-state index in [1.807, 2.05) is 4.90 Å². The molecule has 0 radical (unpaired) electrons. The summed E-state index contributed by atoms with van der Waals surface area (Å²) in [5, 5.41) is 0. The van der Waals surface area contributed by atoms with Gasteiger partial charge in [-0.1, -0.05) is 27.2 Å². The average Bonchev–Trinajstić information content (AvgIpc) is 2.14. The molecule has 1 atom stereocenters. The first-order valence-electron chi connectivity index (χ1n) is 6.88. The summed E-state index contributed by atoms with van der Waals surface area (Å²) in [4.78, 5) is 14.1. The molecule has 2 N–H and O–H groups in total. The molecular weight excluding hydrogens is 212 g/mol. The van der Waals surface area contributed by atoms with Crippen LogP contribution in [0.25, 0.3) is 0 Å². The lowest BCUT2D eigenvalue weighted by Crippen LogP contribution is -2.43. The maximum absolute atomic E-state index is 12.2. The van der Waals surface area contributed by atoms with Gasteiger partial charge in [-0.15, -0.1) is 0 Å². The van der Waals surface area contributed by atoms with Crippen molar-refractivity contribution in [3.63, 3.8) is 0 Å². The van der Waals surface area contributed by atoms with Crippen molar-refractivity contribution in [1.82, 2.24) is 4.90 Å². The summed E-state index contributed by atoms with van der Waals surface area (Å²) in [5.74, 6) is 0.964. The summed E-state index contributed by atoms with van der Waals surface area (Å²) in [6.45, 7) is 10.1. The Kier molecular flexibility index (Phi) is 4.99. The van der Waals surface area contributed by atoms with Gasteiger partial charge < -0.3 is 10.6 Å². The zero-order valence-corrected chi connectivity index (χ0v) is 11.8. The lowest BCUT2D eigenvalue weighted by Gasteiger charge is -2.34. The first kappa shape index (κ1) is 14.5. The van der Waals surface area contributed by atoms with Crippen LogP contribution in [0.5, 0.6) is 0 Å². The standard InChI is InChI=1S/C14H28N2O/c1-5-16(10-11-7-6-8-11)13(17)9-12(15)14(2,3)4/h11-12H,5-10,15H2,1-4H3. The number of amides is 1. The number of hydrogen-bond donors (Lipinski definition) is 1. The summed E-state index contributed by atoms with van der Waals surface area (Å²) in [7, 11) is 0. The molecule has 0 bridgehead atoms. The molecule has 1 unspecified atom stereocenters. The summed E-state index contributed by atoms with van der Waals surface area (Å²) >= 11 is 0. The fourth-order valence-electron chi connectivity index (χ4n) is 2.02. The van der Waals surface area contributed by atoms with Crippen LogP contribution in [0, 0.1) is 11.3 Å². The van der Waals surface area contributed by atoms with E-state index in [2.05, 4.69) is 27.7 Å². The average molecular weight is 240 g/mol. The van der Waals surface area contributed by atoms with Crippen LogP contribution in [0.3, 0.4) is 0 Å². The molecule has 1 rings (SSSR count). The van der Waals surface area contributed by atoms with Crippen LogP contribution < -0.4 is 5.73 Å². The van der Waals surface area contributed by atoms with E-state index in [0.29, 0.717) is 6.42 Å². The number of nitrogens with two attached hydrogens (primary N) is 1. The Hall–Kier alpha value is -0.570. The number of hydrogen-bond acceptors (Lipinski definition) is 2. The van der Waals surface area contributed by atoms with Crippen molar-refractivity contribution >= 4 is 5.91 Å². The lowest BCUT2D eigenvalue weighted by atomic mass is 9.84. The quantitative estimate of drug-likeness (QED) is 0.802. The fourth-order valence-corrected chi connectivity index (χ4v) is 2.02. The van der Waals surface area contributed by atoms with E-state index in [4.69, 9.17) is 5.73 Å². The number of rotatable bonds is 5. The molecule has 0 aromatic heterocycles. The molecule has 1 aliphatic carbocycles. The van der Waals surface area contributed by atoms with E-state index in [9.17, 15) is 4.79 Å². The minimum atomic E-state index is -0.0505. The zero-order valence-electron chi connectivity index (χ0n) is 11.8. The van der Waals surface area contributed by atoms with E-state index >= 15 is 0 Å². The molecule has 0 saturated heterocycles. The lowest BCUT2D eigenvalue weighted by molar-refractivity contribution is -0.133. The highest BCUT2D eigenvalue weighted by molar-refractivity contribution is 5.76. The van der Waals surface area contributed by atoms with Gasteiger partial charge in [0.1, 0.15) is 0 Å². The van der Waals surface area contributed by atoms with Crippen LogP contribution in [-0.4, -0.2) is 29.9 Å². The molecule has 0 aromatic rings. The Morgan fingerprint density at radius 2 is 2.00 bits per heavy atom. The van der Waals surface area contributed by atoms with Gasteiger partial charge in [-0.05, 0) is 31.1 Å². The van der Waals surface area contributed by atoms with Crippen LogP contribution in [0.15, 0.2) is 0 Å². The predicted octanol–water partition coefficient (Wildman–Crippen LogP) is 2.40. The molecule has 1 aliphatic rings. The Morgan fingerprint density at radius 1 is 1.41 bits per heavy atom. The minimum absolute atomic E-state index is 0.00550. The first-order valence-corrected chi connectivity index (χ1v) is 6.88. The summed E-state index contributed by atoms with van der Waals surface area (Å²) < 4.78 is 0. The van der Waals surface area contributed by atoms with Crippen molar-refractivity contribution in [1.29, 1.82) is 0 Å². The normalized spacial score (nSPS) is 18.6. The third-order valence-electron chi connectivity index (χ3n) is 3.94. The monoisotopic (exact) mass is 240 g/mol. The van der Waals surface area contributed by atoms with Crippen LogP contribution in [-0.2, 0) is 4.79 Å². The highest BCUT2D eigenvalue weighted by atomic mass is 16.2. The molecule has 1 amide bonds. The third-order valence-corrected chi connectivity index (χ3v) is 3.94. The second-order valence-corrected chi connectivity index (χ2v) is 6.41. The number of carbonyl (C=O) groups excluding carboxylic acids is 1. The van der Waals surface area contributed by atoms with E-state index in [0.717, 1.165) is 19.0 Å². The number of carbonyl (C=O) groups is 1. The summed E-state index contributed by atoms with van der Waals surface area (Å²) in [6.07, 6.45) is 4.38. The van der Waals surface area contributed by atoms with Gasteiger partial charge in [0.2, 0.25) is 5.91 Å². The van der Waals surface area contributed by atoms with Gasteiger partial charge in [-0.2, -0.15) is 0 Å². The second kappa shape index (κ2) is 5.85. The third kappa shape index (κ3) is 4.30. The van der Waals surface area contributed by atoms with Gasteiger partial charge in [0.15, 0.2) is 0 Å². The Labute approximate surface area is 106 Å². The van der Waals surface area contributed by atoms with Gasteiger partial charge in [-0.3, -0.25) is 4.79 Å². The van der Waals surface area contributed by atoms with Crippen LogP contribution in [0.1, 0.15) is 53.4 Å². The largest absolute Gasteiger partial charge is 0.343 e. The van der Waals surface area contributed by atoms with Crippen molar-refractivity contribution in [3.05, 3.63) is 0 Å². The van der Waals surface area contributed by atoms with Crippen molar-refractivity contribution in [2.75, 3.05) is 13.1 Å². The number of nitrogens with zero attached hydrogens (tertiary/aromatic N) is 1. The van der Waals surface area contributed by atoms with Gasteiger partial charge in [0.05, 0.1) is 0 Å². The molecule has 3 nitrogen and oxygen atoms in total. The van der Waals surface area contributed by atoms with E-state index in [1.54, 1.807) is 0 Å². The zero-order chi connectivity index (χ0) is 13.1. The predicted molar refractivity (Wildman–Crippen MR) is 71.6 cm³/mol. The Morgan fingerprint density at radius 3 is 2.35 bits per heavy atom. The second-order valence-electron chi connectivity index (χ2n) is 6.41. The van der Waals surface area contributed by atoms with Gasteiger partial charge >= 0.3 is 0 Å². The smallest absolute Gasteiger partial charge is 0.224 e. The van der Waals surface area contributed by atoms with Gasteiger partial charge in [0.25, 0.3) is 0 Å². The van der Waals surface area contributed by atoms with E-state index < -0.39 is 0 Å². The fraction of sp³-hybridized carbons (Fsp3) is 0.929. The SMILES string of the molecule is CCN(CC1CCC1)C(=O)CC(N)C(C)(C)C. The minimum Gasteiger partial charge on any atom is -0.343 e. The van der Waals surface area contributed by atoms with E-state index in [-0.39, 0.29) is 17.4 Å². The van der Waals surface area contributed by atoms with Gasteiger partial charge in [0, 0.05) is 25.6 Å². The molecular formula is C14H28N2O. The topological polar surface area (TPSA) is 46.3 Å². The maximum atomic E-state index is 12.2. The molecule has 0 heterocycles. The molecule has 100 valence electrons. The molecule has 1 fully saturated rings. The first-order chi connectivity index (χ1) is 7.84. The van der Waals surface area contributed by atoms with Crippen molar-refractivity contribution in [2.45, 2.75) is 59.4 Å². The van der Waals surface area contributed by atoms with Crippen molar-refractivity contribution in [2.24, 2.45) is 17.1 Å². The van der Waals surface area contributed by atoms with Crippen molar-refractivity contribution < 1.29 is 4.79 Å². The van der Waals surface area contributed by atoms with Crippen molar-refractivity contribution in [3.8, 4) is 0 Å². The highest BCUT2D eigenvalue weighted by Crippen LogP contribution is 2.27. The van der Waals surface area contributed by atoms with Crippen LogP contribution in [0.4, 0.5) is 0 Å².